The number of rotatable bonds is 6. The zero-order valence-corrected chi connectivity index (χ0v) is 11.8. The van der Waals surface area contributed by atoms with Crippen LogP contribution >= 0.6 is 12.2 Å². The van der Waals surface area contributed by atoms with Crippen LogP contribution in [-0.2, 0) is 6.54 Å². The molecule has 0 saturated heterocycles. The van der Waals surface area contributed by atoms with Crippen molar-refractivity contribution in [2.24, 2.45) is 0 Å². The molecule has 1 heterocycles. The fraction of sp³-hybridized carbons (Fsp3) is 0.385. The lowest BCUT2D eigenvalue weighted by atomic mass is 10.3. The molecular weight excluding hydrogens is 258 g/mol. The molecule has 0 atom stereocenters. The first kappa shape index (κ1) is 13.8. The molecule has 0 amide bonds. The lowest BCUT2D eigenvalue weighted by molar-refractivity contribution is 0.626. The highest BCUT2D eigenvalue weighted by Crippen LogP contribution is 2.09. The molecule has 2 aromatic rings. The summed E-state index contributed by atoms with van der Waals surface area (Å²) in [5, 5.41) is 10.0. The van der Waals surface area contributed by atoms with Crippen LogP contribution in [0.2, 0.25) is 0 Å². The summed E-state index contributed by atoms with van der Waals surface area (Å²) in [5.74, 6) is 0.972. The minimum absolute atomic E-state index is 0.692. The van der Waals surface area contributed by atoms with Gasteiger partial charge < -0.3 is 20.9 Å². The van der Waals surface area contributed by atoms with Crippen molar-refractivity contribution in [2.45, 2.75) is 13.0 Å². The number of aromatic nitrogens is 2. The third-order valence-corrected chi connectivity index (χ3v) is 3.12. The predicted octanol–water partition coefficient (Wildman–Crippen LogP) is 1.14. The molecule has 19 heavy (non-hydrogen) atoms. The Hall–Kier alpha value is -1.66. The van der Waals surface area contributed by atoms with Gasteiger partial charge in [-0.25, -0.2) is 4.98 Å². The summed E-state index contributed by atoms with van der Waals surface area (Å²) in [6.07, 6.45) is 1.02. The largest absolute Gasteiger partial charge is 0.366 e. The second-order valence-corrected chi connectivity index (χ2v) is 4.65. The Bertz CT molecular complexity index is 504. The highest BCUT2D eigenvalue weighted by atomic mass is 32.1. The summed E-state index contributed by atoms with van der Waals surface area (Å²) >= 11 is 4.99. The fourth-order valence-electron chi connectivity index (χ4n) is 1.80. The Labute approximate surface area is 118 Å². The number of fused-ring (bicyclic) bond motifs is 1. The van der Waals surface area contributed by atoms with Gasteiger partial charge in [-0.2, -0.15) is 0 Å². The van der Waals surface area contributed by atoms with E-state index in [0.29, 0.717) is 5.11 Å². The second kappa shape index (κ2) is 7.06. The van der Waals surface area contributed by atoms with Crippen molar-refractivity contribution in [2.75, 3.05) is 20.1 Å². The Morgan fingerprint density at radius 1 is 1.32 bits per heavy atom. The van der Waals surface area contributed by atoms with Crippen LogP contribution in [0.4, 0.5) is 0 Å². The summed E-state index contributed by atoms with van der Waals surface area (Å²) < 4.78 is 0. The van der Waals surface area contributed by atoms with Crippen LogP contribution < -0.4 is 16.0 Å². The number of benzene rings is 1. The molecule has 4 N–H and O–H groups in total. The molecule has 1 aromatic carbocycles. The molecule has 102 valence electrons. The van der Waals surface area contributed by atoms with Crippen LogP contribution in [0.5, 0.6) is 0 Å². The van der Waals surface area contributed by atoms with E-state index in [-0.39, 0.29) is 0 Å². The average molecular weight is 277 g/mol. The molecule has 2 rings (SSSR count). The van der Waals surface area contributed by atoms with E-state index in [4.69, 9.17) is 12.2 Å². The first-order valence-electron chi connectivity index (χ1n) is 6.39. The van der Waals surface area contributed by atoms with Crippen molar-refractivity contribution < 1.29 is 0 Å². The van der Waals surface area contributed by atoms with E-state index in [0.717, 1.165) is 42.9 Å². The van der Waals surface area contributed by atoms with Crippen LogP contribution in [0.25, 0.3) is 11.0 Å². The van der Waals surface area contributed by atoms with Gasteiger partial charge in [-0.15, -0.1) is 0 Å². The summed E-state index contributed by atoms with van der Waals surface area (Å²) in [5.41, 5.74) is 2.10. The monoisotopic (exact) mass is 277 g/mol. The number of nitrogens with one attached hydrogen (secondary N) is 4. The molecule has 0 saturated carbocycles. The minimum Gasteiger partial charge on any atom is -0.366 e. The summed E-state index contributed by atoms with van der Waals surface area (Å²) in [7, 11) is 1.81. The summed E-state index contributed by atoms with van der Waals surface area (Å²) in [6.45, 7) is 2.55. The number of imidazole rings is 1. The smallest absolute Gasteiger partial charge is 0.166 e. The maximum absolute atomic E-state index is 4.99. The molecule has 0 unspecified atom stereocenters. The van der Waals surface area contributed by atoms with Gasteiger partial charge in [0.1, 0.15) is 5.82 Å². The Morgan fingerprint density at radius 3 is 2.95 bits per heavy atom. The van der Waals surface area contributed by atoms with E-state index in [1.807, 2.05) is 31.3 Å². The number of nitrogens with zero attached hydrogens (tertiary/aromatic N) is 1. The van der Waals surface area contributed by atoms with E-state index < -0.39 is 0 Å². The first-order chi connectivity index (χ1) is 9.29. The Kier molecular flexibility index (Phi) is 5.11. The van der Waals surface area contributed by atoms with Gasteiger partial charge in [0.05, 0.1) is 17.6 Å². The number of hydrogen-bond acceptors (Lipinski definition) is 3. The fourth-order valence-corrected chi connectivity index (χ4v) is 1.90. The van der Waals surface area contributed by atoms with Crippen molar-refractivity contribution in [1.29, 1.82) is 0 Å². The van der Waals surface area contributed by atoms with Crippen LogP contribution in [0.15, 0.2) is 24.3 Å². The molecule has 0 bridgehead atoms. The van der Waals surface area contributed by atoms with E-state index in [1.165, 1.54) is 0 Å². The lowest BCUT2D eigenvalue weighted by Crippen LogP contribution is -2.34. The topological polar surface area (TPSA) is 64.8 Å². The molecule has 1 aromatic heterocycles. The van der Waals surface area contributed by atoms with E-state index >= 15 is 0 Å². The second-order valence-electron chi connectivity index (χ2n) is 4.24. The van der Waals surface area contributed by atoms with E-state index in [1.54, 1.807) is 0 Å². The van der Waals surface area contributed by atoms with Crippen molar-refractivity contribution in [3.05, 3.63) is 30.1 Å². The first-order valence-corrected chi connectivity index (χ1v) is 6.80. The maximum atomic E-state index is 4.99. The van der Waals surface area contributed by atoms with Crippen molar-refractivity contribution in [3.63, 3.8) is 0 Å². The van der Waals surface area contributed by atoms with Crippen molar-refractivity contribution >= 4 is 28.4 Å². The molecule has 0 aliphatic heterocycles. The summed E-state index contributed by atoms with van der Waals surface area (Å²) in [6, 6.07) is 8.05. The van der Waals surface area contributed by atoms with Gasteiger partial charge in [0, 0.05) is 13.6 Å². The van der Waals surface area contributed by atoms with Gasteiger partial charge in [-0.1, -0.05) is 12.1 Å². The highest BCUT2D eigenvalue weighted by Gasteiger charge is 2.00. The van der Waals surface area contributed by atoms with Gasteiger partial charge >= 0.3 is 0 Å². The number of H-pyrrole nitrogens is 1. The van der Waals surface area contributed by atoms with Crippen LogP contribution in [-0.4, -0.2) is 35.2 Å². The number of hydrogen-bond donors (Lipinski definition) is 4. The standard InChI is InChI=1S/C13H19N5S/c1-14-13(19)16-8-4-7-15-9-12-17-10-5-2-3-6-11(10)18-12/h2-3,5-6,15H,4,7-9H2,1H3,(H,17,18)(H2,14,16,19). The van der Waals surface area contributed by atoms with Crippen molar-refractivity contribution in [3.8, 4) is 0 Å². The molecule has 0 radical (unpaired) electrons. The van der Waals surface area contributed by atoms with Gasteiger partial charge in [-0.3, -0.25) is 0 Å². The van der Waals surface area contributed by atoms with Gasteiger partial charge in [-0.05, 0) is 37.3 Å². The Balaban J connectivity index is 1.67. The number of thiocarbonyl (C=S) groups is 1. The third kappa shape index (κ3) is 4.18. The summed E-state index contributed by atoms with van der Waals surface area (Å²) in [4.78, 5) is 7.80. The number of para-hydroxylation sites is 2. The zero-order chi connectivity index (χ0) is 13.5. The van der Waals surface area contributed by atoms with E-state index in [9.17, 15) is 0 Å². The Morgan fingerprint density at radius 2 is 2.16 bits per heavy atom. The van der Waals surface area contributed by atoms with Gasteiger partial charge in [0.2, 0.25) is 0 Å². The van der Waals surface area contributed by atoms with Crippen LogP contribution in [0.1, 0.15) is 12.2 Å². The van der Waals surface area contributed by atoms with Gasteiger partial charge in [0.25, 0.3) is 0 Å². The van der Waals surface area contributed by atoms with E-state index in [2.05, 4.69) is 25.9 Å². The number of aromatic amines is 1. The minimum atomic E-state index is 0.692. The predicted molar refractivity (Wildman–Crippen MR) is 82.1 cm³/mol. The van der Waals surface area contributed by atoms with Gasteiger partial charge in [0.15, 0.2) is 5.11 Å². The molecule has 0 spiro atoms. The molecule has 0 fully saturated rings. The molecule has 6 heteroatoms. The SMILES string of the molecule is CNC(=S)NCCCNCc1nc2ccccc2[nH]1. The van der Waals surface area contributed by atoms with Crippen LogP contribution in [0, 0.1) is 0 Å². The quantitative estimate of drug-likeness (QED) is 0.471. The van der Waals surface area contributed by atoms with Crippen LogP contribution in [0.3, 0.4) is 0 Å². The zero-order valence-electron chi connectivity index (χ0n) is 11.0. The average Bonchev–Trinajstić information content (AvgIpc) is 2.84. The normalized spacial score (nSPS) is 10.6. The lowest BCUT2D eigenvalue weighted by Gasteiger charge is -2.06. The molecule has 0 aliphatic carbocycles. The molecule has 0 aliphatic rings. The highest BCUT2D eigenvalue weighted by molar-refractivity contribution is 7.80. The maximum Gasteiger partial charge on any atom is 0.166 e. The third-order valence-electron chi connectivity index (χ3n) is 2.77. The molecule has 5 nitrogen and oxygen atoms in total. The van der Waals surface area contributed by atoms with Crippen molar-refractivity contribution in [1.82, 2.24) is 25.9 Å². The molecular formula is C13H19N5S.